The van der Waals surface area contributed by atoms with Gasteiger partial charge in [-0.25, -0.2) is 23.4 Å². The average Bonchev–Trinajstić information content (AvgIpc) is 2.72. The summed E-state index contributed by atoms with van der Waals surface area (Å²) in [5.74, 6) is 2.38. The van der Waals surface area contributed by atoms with Gasteiger partial charge in [0.2, 0.25) is 9.84 Å². The number of nitrogens with zero attached hydrogens (tertiary/aromatic N) is 3. The van der Waals surface area contributed by atoms with Crippen molar-refractivity contribution in [1.82, 2.24) is 15.0 Å². The Kier molecular flexibility index (Phi) is 12.3. The molecule has 1 aromatic heterocycles. The van der Waals surface area contributed by atoms with Crippen molar-refractivity contribution in [2.75, 3.05) is 0 Å². The van der Waals surface area contributed by atoms with Gasteiger partial charge in [-0.2, -0.15) is 0 Å². The largest absolute Gasteiger partial charge is 0.219 e. The van der Waals surface area contributed by atoms with Gasteiger partial charge in [-0.15, -0.1) is 0 Å². The third-order valence-electron chi connectivity index (χ3n) is 3.08. The van der Waals surface area contributed by atoms with E-state index < -0.39 is 9.84 Å². The molecule has 3 aromatic rings. The fourth-order valence-electron chi connectivity index (χ4n) is 2.11. The summed E-state index contributed by atoms with van der Waals surface area (Å²) in [7, 11) is -3.34. The van der Waals surface area contributed by atoms with E-state index in [0.29, 0.717) is 9.79 Å². The van der Waals surface area contributed by atoms with E-state index in [4.69, 9.17) is 0 Å². The molecule has 0 aliphatic carbocycles. The van der Waals surface area contributed by atoms with E-state index in [-0.39, 0.29) is 0 Å². The molecule has 28 heavy (non-hydrogen) atoms. The molecule has 0 saturated heterocycles. The standard InChI is InChI=1S/C12H10O2S.C6H9N3.2C2H6/c13-15(14,11-7-3-1-4-8-11)12-9-5-2-6-10-12;1-4-7-5(2)9-6(3)8-4;2*1-2/h1-10H;1-3H3;2*1-2H3. The molecule has 0 atom stereocenters. The van der Waals surface area contributed by atoms with Crippen LogP contribution in [0.15, 0.2) is 70.5 Å². The van der Waals surface area contributed by atoms with E-state index in [2.05, 4.69) is 15.0 Å². The van der Waals surface area contributed by atoms with Crippen molar-refractivity contribution >= 4 is 9.84 Å². The quantitative estimate of drug-likeness (QED) is 0.577. The van der Waals surface area contributed by atoms with Crippen LogP contribution in [0.4, 0.5) is 0 Å². The molecule has 0 N–H and O–H groups in total. The summed E-state index contributed by atoms with van der Waals surface area (Å²) in [6, 6.07) is 16.9. The molecule has 0 aliphatic heterocycles. The van der Waals surface area contributed by atoms with Crippen molar-refractivity contribution in [3.05, 3.63) is 78.1 Å². The van der Waals surface area contributed by atoms with E-state index >= 15 is 0 Å². The molecule has 1 heterocycles. The summed E-state index contributed by atoms with van der Waals surface area (Å²) in [5, 5.41) is 0. The minimum absolute atomic E-state index is 0.330. The Hall–Kier alpha value is -2.60. The van der Waals surface area contributed by atoms with Gasteiger partial charge in [0.15, 0.2) is 0 Å². The predicted molar refractivity (Wildman–Crippen MR) is 115 cm³/mol. The third kappa shape index (κ3) is 8.39. The maximum Gasteiger partial charge on any atom is 0.206 e. The van der Waals surface area contributed by atoms with E-state index in [1.165, 1.54) is 0 Å². The molecule has 0 bridgehead atoms. The zero-order chi connectivity index (χ0) is 21.6. The Morgan fingerprint density at radius 3 is 1.04 bits per heavy atom. The topological polar surface area (TPSA) is 72.8 Å². The Morgan fingerprint density at radius 1 is 0.536 bits per heavy atom. The minimum atomic E-state index is -3.34. The predicted octanol–water partition coefficient (Wildman–Crippen LogP) is 5.37. The van der Waals surface area contributed by atoms with Gasteiger partial charge in [0, 0.05) is 0 Å². The first-order valence-corrected chi connectivity index (χ1v) is 10.9. The lowest BCUT2D eigenvalue weighted by molar-refractivity contribution is 0.596. The van der Waals surface area contributed by atoms with Crippen molar-refractivity contribution in [3.63, 3.8) is 0 Å². The number of hydrogen-bond acceptors (Lipinski definition) is 5. The molecule has 0 radical (unpaired) electrons. The Bertz CT molecular complexity index is 802. The molecule has 2 aromatic carbocycles. The van der Waals surface area contributed by atoms with Crippen molar-refractivity contribution < 1.29 is 8.42 Å². The van der Waals surface area contributed by atoms with Crippen LogP contribution in [0, 0.1) is 20.8 Å². The molecule has 0 unspecified atom stereocenters. The molecular formula is C22H31N3O2S. The van der Waals surface area contributed by atoms with Crippen molar-refractivity contribution in [3.8, 4) is 0 Å². The normalized spacial score (nSPS) is 9.54. The summed E-state index contributed by atoms with van der Waals surface area (Å²) < 4.78 is 24.1. The smallest absolute Gasteiger partial charge is 0.206 e. The maximum absolute atomic E-state index is 12.0. The van der Waals surface area contributed by atoms with E-state index in [1.54, 1.807) is 60.7 Å². The molecule has 0 saturated carbocycles. The highest BCUT2D eigenvalue weighted by Gasteiger charge is 2.15. The van der Waals surface area contributed by atoms with Crippen LogP contribution in [0.5, 0.6) is 0 Å². The summed E-state index contributed by atoms with van der Waals surface area (Å²) >= 11 is 0. The molecule has 6 heteroatoms. The summed E-state index contributed by atoms with van der Waals surface area (Å²) in [6.45, 7) is 13.6. The third-order valence-corrected chi connectivity index (χ3v) is 4.86. The van der Waals surface area contributed by atoms with Crippen LogP contribution in [-0.4, -0.2) is 23.4 Å². The Morgan fingerprint density at radius 2 is 0.786 bits per heavy atom. The van der Waals surface area contributed by atoms with Crippen molar-refractivity contribution in [1.29, 1.82) is 0 Å². The first-order valence-electron chi connectivity index (χ1n) is 9.40. The fraction of sp³-hybridized carbons (Fsp3) is 0.318. The second-order valence-electron chi connectivity index (χ2n) is 5.11. The van der Waals surface area contributed by atoms with E-state index in [9.17, 15) is 8.42 Å². The van der Waals surface area contributed by atoms with Gasteiger partial charge in [-0.1, -0.05) is 64.1 Å². The first kappa shape index (κ1) is 25.4. The molecular weight excluding hydrogens is 370 g/mol. The summed E-state index contributed by atoms with van der Waals surface area (Å²) in [5.41, 5.74) is 0. The molecule has 3 rings (SSSR count). The monoisotopic (exact) mass is 401 g/mol. The Labute approximate surface area is 169 Å². The number of sulfone groups is 1. The van der Waals surface area contributed by atoms with Crippen LogP contribution in [0.3, 0.4) is 0 Å². The second kappa shape index (κ2) is 13.6. The summed E-state index contributed by atoms with van der Waals surface area (Å²) in [6.07, 6.45) is 0. The summed E-state index contributed by atoms with van der Waals surface area (Å²) in [4.78, 5) is 12.7. The van der Waals surface area contributed by atoms with Gasteiger partial charge < -0.3 is 0 Å². The lowest BCUT2D eigenvalue weighted by atomic mass is 10.4. The second-order valence-corrected chi connectivity index (χ2v) is 7.06. The number of benzene rings is 2. The average molecular weight is 402 g/mol. The van der Waals surface area contributed by atoms with Gasteiger partial charge in [0.1, 0.15) is 17.5 Å². The van der Waals surface area contributed by atoms with Crippen LogP contribution < -0.4 is 0 Å². The molecule has 0 aliphatic rings. The molecule has 152 valence electrons. The number of aromatic nitrogens is 3. The number of hydrogen-bond donors (Lipinski definition) is 0. The van der Waals surface area contributed by atoms with Crippen LogP contribution >= 0.6 is 0 Å². The zero-order valence-electron chi connectivity index (χ0n) is 17.8. The highest BCUT2D eigenvalue weighted by atomic mass is 32.2. The fourth-order valence-corrected chi connectivity index (χ4v) is 3.42. The minimum Gasteiger partial charge on any atom is -0.219 e. The lowest BCUT2D eigenvalue weighted by Gasteiger charge is -2.03. The molecule has 0 amide bonds. The van der Waals surface area contributed by atoms with Gasteiger partial charge in [-0.05, 0) is 45.0 Å². The van der Waals surface area contributed by atoms with Crippen LogP contribution in [0.1, 0.15) is 45.2 Å². The maximum atomic E-state index is 12.0. The van der Waals surface area contributed by atoms with Crippen LogP contribution in [-0.2, 0) is 9.84 Å². The van der Waals surface area contributed by atoms with Gasteiger partial charge >= 0.3 is 0 Å². The molecule has 0 fully saturated rings. The van der Waals surface area contributed by atoms with Gasteiger partial charge in [0.25, 0.3) is 0 Å². The van der Waals surface area contributed by atoms with Gasteiger partial charge in [0.05, 0.1) is 9.79 Å². The SMILES string of the molecule is CC.CC.Cc1nc(C)nc(C)n1.O=S(=O)(c1ccccc1)c1ccccc1. The zero-order valence-corrected chi connectivity index (χ0v) is 18.7. The van der Waals surface area contributed by atoms with Gasteiger partial charge in [-0.3, -0.25) is 0 Å². The first-order chi connectivity index (χ1) is 13.4. The van der Waals surface area contributed by atoms with Crippen molar-refractivity contribution in [2.24, 2.45) is 0 Å². The van der Waals surface area contributed by atoms with Crippen LogP contribution in [0.2, 0.25) is 0 Å². The lowest BCUT2D eigenvalue weighted by Crippen LogP contribution is -2.00. The number of aryl methyl sites for hydroxylation is 3. The Balaban J connectivity index is 0.000000481. The number of rotatable bonds is 2. The van der Waals surface area contributed by atoms with E-state index in [0.717, 1.165) is 17.5 Å². The van der Waals surface area contributed by atoms with E-state index in [1.807, 2.05) is 48.5 Å². The molecule has 5 nitrogen and oxygen atoms in total. The molecule has 0 spiro atoms. The van der Waals surface area contributed by atoms with Crippen LogP contribution in [0.25, 0.3) is 0 Å². The highest BCUT2D eigenvalue weighted by Crippen LogP contribution is 2.19. The van der Waals surface area contributed by atoms with Crippen molar-refractivity contribution in [2.45, 2.75) is 58.3 Å². The highest BCUT2D eigenvalue weighted by molar-refractivity contribution is 7.91.